The maximum Gasteiger partial charge on any atom is 0.120 e. The Morgan fingerprint density at radius 2 is 2.00 bits per heavy atom. The largest absolute Gasteiger partial charge is 0.508 e. The molecule has 2 rings (SSSR count). The van der Waals surface area contributed by atoms with Gasteiger partial charge < -0.3 is 10.4 Å². The normalized spacial score (nSPS) is 10.1. The van der Waals surface area contributed by atoms with E-state index < -0.39 is 0 Å². The van der Waals surface area contributed by atoms with Crippen molar-refractivity contribution in [3.8, 4) is 11.8 Å². The van der Waals surface area contributed by atoms with Crippen LogP contribution in [0, 0.1) is 11.3 Å². The molecule has 1 heterocycles. The maximum absolute atomic E-state index is 9.57. The first-order valence-electron chi connectivity index (χ1n) is 5.26. The quantitative estimate of drug-likeness (QED) is 0.869. The SMILES string of the molecule is N#Cc1ccc(CNCc2ccccc2O)s1. The fourth-order valence-electron chi connectivity index (χ4n) is 1.51. The van der Waals surface area contributed by atoms with Gasteiger partial charge >= 0.3 is 0 Å². The lowest BCUT2D eigenvalue weighted by Gasteiger charge is -2.05. The number of nitriles is 1. The van der Waals surface area contributed by atoms with Crippen LogP contribution in [0.4, 0.5) is 0 Å². The minimum Gasteiger partial charge on any atom is -0.508 e. The lowest BCUT2D eigenvalue weighted by atomic mass is 10.2. The van der Waals surface area contributed by atoms with Gasteiger partial charge in [-0.2, -0.15) is 5.26 Å². The van der Waals surface area contributed by atoms with Gasteiger partial charge in [0.1, 0.15) is 16.7 Å². The molecule has 2 aromatic rings. The summed E-state index contributed by atoms with van der Waals surface area (Å²) in [6.45, 7) is 1.33. The van der Waals surface area contributed by atoms with Crippen molar-refractivity contribution in [1.29, 1.82) is 5.26 Å². The number of nitrogens with zero attached hydrogens (tertiary/aromatic N) is 1. The van der Waals surface area contributed by atoms with E-state index in [-0.39, 0.29) is 0 Å². The van der Waals surface area contributed by atoms with E-state index >= 15 is 0 Å². The second kappa shape index (κ2) is 5.48. The van der Waals surface area contributed by atoms with Crippen molar-refractivity contribution in [1.82, 2.24) is 5.32 Å². The van der Waals surface area contributed by atoms with E-state index in [1.54, 1.807) is 12.1 Å². The van der Waals surface area contributed by atoms with E-state index in [1.807, 2.05) is 24.3 Å². The number of benzene rings is 1. The zero-order valence-corrected chi connectivity index (χ0v) is 10.00. The molecular weight excluding hydrogens is 232 g/mol. The number of phenolic OH excluding ortho intramolecular Hbond substituents is 1. The van der Waals surface area contributed by atoms with Crippen LogP contribution in [0.25, 0.3) is 0 Å². The molecule has 0 unspecified atom stereocenters. The minimum absolute atomic E-state index is 0.309. The molecule has 0 aliphatic carbocycles. The molecule has 1 aromatic heterocycles. The maximum atomic E-state index is 9.57. The van der Waals surface area contributed by atoms with Crippen molar-refractivity contribution in [3.63, 3.8) is 0 Å². The molecule has 0 atom stereocenters. The lowest BCUT2D eigenvalue weighted by molar-refractivity contribution is 0.464. The van der Waals surface area contributed by atoms with Crippen LogP contribution in [-0.4, -0.2) is 5.11 Å². The number of hydrogen-bond acceptors (Lipinski definition) is 4. The van der Waals surface area contributed by atoms with Gasteiger partial charge in [-0.3, -0.25) is 0 Å². The van der Waals surface area contributed by atoms with Gasteiger partial charge in [0.15, 0.2) is 0 Å². The summed E-state index contributed by atoms with van der Waals surface area (Å²) >= 11 is 1.49. The summed E-state index contributed by atoms with van der Waals surface area (Å²) in [7, 11) is 0. The van der Waals surface area contributed by atoms with Gasteiger partial charge in [0.05, 0.1) is 0 Å². The number of para-hydroxylation sites is 1. The van der Waals surface area contributed by atoms with Crippen LogP contribution < -0.4 is 5.32 Å². The molecule has 0 radical (unpaired) electrons. The molecule has 17 heavy (non-hydrogen) atoms. The summed E-state index contributed by atoms with van der Waals surface area (Å²) < 4.78 is 0. The topological polar surface area (TPSA) is 56.0 Å². The molecular formula is C13H12N2OS. The Balaban J connectivity index is 1.88. The van der Waals surface area contributed by atoms with Crippen LogP contribution >= 0.6 is 11.3 Å². The van der Waals surface area contributed by atoms with E-state index in [2.05, 4.69) is 11.4 Å². The second-order valence-corrected chi connectivity index (χ2v) is 4.78. The number of phenols is 1. The Hall–Kier alpha value is -1.83. The third-order valence-corrected chi connectivity index (χ3v) is 3.37. The van der Waals surface area contributed by atoms with Crippen LogP contribution in [-0.2, 0) is 13.1 Å². The first kappa shape index (κ1) is 11.6. The summed E-state index contributed by atoms with van der Waals surface area (Å²) in [4.78, 5) is 1.85. The Bertz CT molecular complexity index is 542. The first-order chi connectivity index (χ1) is 8.29. The predicted molar refractivity (Wildman–Crippen MR) is 67.7 cm³/mol. The van der Waals surface area contributed by atoms with Crippen molar-refractivity contribution in [2.24, 2.45) is 0 Å². The van der Waals surface area contributed by atoms with Gasteiger partial charge in [-0.05, 0) is 18.2 Å². The van der Waals surface area contributed by atoms with Crippen LogP contribution in [0.2, 0.25) is 0 Å². The van der Waals surface area contributed by atoms with E-state index in [1.165, 1.54) is 11.3 Å². The zero-order chi connectivity index (χ0) is 12.1. The molecule has 0 spiro atoms. The number of hydrogen-bond donors (Lipinski definition) is 2. The third kappa shape index (κ3) is 3.06. The molecule has 0 aliphatic heterocycles. The molecule has 3 nitrogen and oxygen atoms in total. The fraction of sp³-hybridized carbons (Fsp3) is 0.154. The molecule has 0 saturated carbocycles. The Kier molecular flexibility index (Phi) is 3.76. The van der Waals surface area contributed by atoms with E-state index in [4.69, 9.17) is 5.26 Å². The second-order valence-electron chi connectivity index (χ2n) is 3.61. The predicted octanol–water partition coefficient (Wildman–Crippen LogP) is 2.62. The summed E-state index contributed by atoms with van der Waals surface area (Å²) in [6, 6.07) is 13.1. The number of nitrogens with one attached hydrogen (secondary N) is 1. The van der Waals surface area contributed by atoms with E-state index in [0.29, 0.717) is 18.8 Å². The van der Waals surface area contributed by atoms with E-state index in [0.717, 1.165) is 15.3 Å². The van der Waals surface area contributed by atoms with Gasteiger partial charge in [-0.25, -0.2) is 0 Å². The Labute approximate surface area is 104 Å². The van der Waals surface area contributed by atoms with Crippen LogP contribution in [0.1, 0.15) is 15.3 Å². The average Bonchev–Trinajstić information content (AvgIpc) is 2.80. The average molecular weight is 244 g/mol. The van der Waals surface area contributed by atoms with Crippen LogP contribution in [0.15, 0.2) is 36.4 Å². The first-order valence-corrected chi connectivity index (χ1v) is 6.07. The molecule has 0 bridgehead atoms. The number of thiophene rings is 1. The third-order valence-electron chi connectivity index (χ3n) is 2.38. The molecule has 0 amide bonds. The minimum atomic E-state index is 0.309. The lowest BCUT2D eigenvalue weighted by Crippen LogP contribution is -2.11. The highest BCUT2D eigenvalue weighted by molar-refractivity contribution is 7.12. The van der Waals surface area contributed by atoms with Crippen LogP contribution in [0.5, 0.6) is 5.75 Å². The molecule has 1 aromatic carbocycles. The highest BCUT2D eigenvalue weighted by Crippen LogP contribution is 2.17. The van der Waals surface area contributed by atoms with Gasteiger partial charge in [0.25, 0.3) is 0 Å². The molecule has 0 aliphatic rings. The molecule has 4 heteroatoms. The molecule has 86 valence electrons. The van der Waals surface area contributed by atoms with Gasteiger partial charge in [0, 0.05) is 23.5 Å². The Morgan fingerprint density at radius 3 is 2.71 bits per heavy atom. The van der Waals surface area contributed by atoms with Crippen molar-refractivity contribution in [3.05, 3.63) is 51.7 Å². The summed E-state index contributed by atoms with van der Waals surface area (Å²) in [5.41, 5.74) is 0.879. The fourth-order valence-corrected chi connectivity index (χ4v) is 2.29. The summed E-state index contributed by atoms with van der Waals surface area (Å²) in [6.07, 6.45) is 0. The van der Waals surface area contributed by atoms with Crippen molar-refractivity contribution in [2.75, 3.05) is 0 Å². The smallest absolute Gasteiger partial charge is 0.120 e. The molecule has 0 saturated heterocycles. The summed E-state index contributed by atoms with van der Waals surface area (Å²) in [5, 5.41) is 21.5. The summed E-state index contributed by atoms with van der Waals surface area (Å²) in [5.74, 6) is 0.309. The standard InChI is InChI=1S/C13H12N2OS/c14-7-11-5-6-12(17-11)9-15-8-10-3-1-2-4-13(10)16/h1-6,15-16H,8-9H2. The van der Waals surface area contributed by atoms with Gasteiger partial charge in [-0.1, -0.05) is 18.2 Å². The molecule has 0 fully saturated rings. The van der Waals surface area contributed by atoms with Crippen molar-refractivity contribution in [2.45, 2.75) is 13.1 Å². The monoisotopic (exact) mass is 244 g/mol. The number of aromatic hydroxyl groups is 1. The van der Waals surface area contributed by atoms with Crippen LogP contribution in [0.3, 0.4) is 0 Å². The number of rotatable bonds is 4. The Morgan fingerprint density at radius 1 is 1.18 bits per heavy atom. The van der Waals surface area contributed by atoms with Crippen molar-refractivity contribution < 1.29 is 5.11 Å². The highest BCUT2D eigenvalue weighted by Gasteiger charge is 2.01. The van der Waals surface area contributed by atoms with Gasteiger partial charge in [0.2, 0.25) is 0 Å². The van der Waals surface area contributed by atoms with E-state index in [9.17, 15) is 5.11 Å². The highest BCUT2D eigenvalue weighted by atomic mass is 32.1. The zero-order valence-electron chi connectivity index (χ0n) is 9.18. The molecule has 2 N–H and O–H groups in total. The van der Waals surface area contributed by atoms with Gasteiger partial charge in [-0.15, -0.1) is 11.3 Å². The van der Waals surface area contributed by atoms with Crippen molar-refractivity contribution >= 4 is 11.3 Å².